The molecule has 1 aliphatic heterocycles. The second kappa shape index (κ2) is 8.18. The highest BCUT2D eigenvalue weighted by Gasteiger charge is 2.35. The zero-order valence-corrected chi connectivity index (χ0v) is 16.7. The lowest BCUT2D eigenvalue weighted by molar-refractivity contribution is -0.145. The summed E-state index contributed by atoms with van der Waals surface area (Å²) >= 11 is 0. The van der Waals surface area contributed by atoms with Crippen LogP contribution in [0, 0.1) is 5.92 Å². The van der Waals surface area contributed by atoms with Crippen molar-refractivity contribution >= 4 is 18.0 Å². The second-order valence-electron chi connectivity index (χ2n) is 7.97. The number of fused-ring (bicyclic) bond motifs is 3. The Hall–Kier alpha value is -3.35. The van der Waals surface area contributed by atoms with Crippen LogP contribution in [0.25, 0.3) is 11.1 Å². The van der Waals surface area contributed by atoms with Crippen molar-refractivity contribution in [1.29, 1.82) is 0 Å². The Labute approximate surface area is 174 Å². The first-order valence-electron chi connectivity index (χ1n) is 10.1. The van der Waals surface area contributed by atoms with Crippen molar-refractivity contribution in [2.75, 3.05) is 19.7 Å². The van der Waals surface area contributed by atoms with E-state index in [9.17, 15) is 14.4 Å². The first kappa shape index (κ1) is 19.9. The van der Waals surface area contributed by atoms with Crippen molar-refractivity contribution in [3.63, 3.8) is 0 Å². The standard InChI is InChI=1S/C23H24N2O5/c1-14-11-25(12-14)22(28)20(10-21(26)27)24-23(29)30-13-19-17-8-4-2-6-15(17)16-7-3-5-9-18(16)19/h2-9,14,19-20H,10-13H2,1H3,(H,24,29)(H,26,27). The number of hydrogen-bond donors (Lipinski definition) is 2. The first-order chi connectivity index (χ1) is 14.4. The van der Waals surface area contributed by atoms with Crippen molar-refractivity contribution in [3.8, 4) is 11.1 Å². The Morgan fingerprint density at radius 1 is 1.07 bits per heavy atom. The van der Waals surface area contributed by atoms with Crippen LogP contribution in [0.3, 0.4) is 0 Å². The van der Waals surface area contributed by atoms with Gasteiger partial charge in [-0.15, -0.1) is 0 Å². The molecule has 7 nitrogen and oxygen atoms in total. The van der Waals surface area contributed by atoms with Crippen molar-refractivity contribution in [2.24, 2.45) is 5.92 Å². The molecule has 2 N–H and O–H groups in total. The van der Waals surface area contributed by atoms with E-state index >= 15 is 0 Å². The molecule has 0 saturated carbocycles. The Balaban J connectivity index is 1.42. The predicted octanol–water partition coefficient (Wildman–Crippen LogP) is 2.85. The summed E-state index contributed by atoms with van der Waals surface area (Å²) in [4.78, 5) is 37.7. The molecule has 1 heterocycles. The van der Waals surface area contributed by atoms with Crippen LogP contribution in [0.15, 0.2) is 48.5 Å². The number of nitrogens with one attached hydrogen (secondary N) is 1. The number of nitrogens with zero attached hydrogens (tertiary/aromatic N) is 1. The van der Waals surface area contributed by atoms with Crippen LogP contribution < -0.4 is 5.32 Å². The van der Waals surface area contributed by atoms with Gasteiger partial charge >= 0.3 is 12.1 Å². The van der Waals surface area contributed by atoms with E-state index in [1.165, 1.54) is 0 Å². The third-order valence-electron chi connectivity index (χ3n) is 5.69. The molecular weight excluding hydrogens is 384 g/mol. The summed E-state index contributed by atoms with van der Waals surface area (Å²) in [5.41, 5.74) is 4.40. The van der Waals surface area contributed by atoms with E-state index in [4.69, 9.17) is 9.84 Å². The molecule has 156 valence electrons. The molecule has 7 heteroatoms. The van der Waals surface area contributed by atoms with Gasteiger partial charge < -0.3 is 20.1 Å². The zero-order valence-electron chi connectivity index (χ0n) is 16.7. The summed E-state index contributed by atoms with van der Waals surface area (Å²) in [6, 6.07) is 14.8. The summed E-state index contributed by atoms with van der Waals surface area (Å²) in [6.45, 7) is 3.26. The maximum absolute atomic E-state index is 12.5. The van der Waals surface area contributed by atoms with Crippen LogP contribution in [0.1, 0.15) is 30.4 Å². The summed E-state index contributed by atoms with van der Waals surface area (Å²) in [6.07, 6.45) is -1.27. The first-order valence-corrected chi connectivity index (χ1v) is 10.1. The monoisotopic (exact) mass is 408 g/mol. The molecule has 1 saturated heterocycles. The Bertz CT molecular complexity index is 938. The van der Waals surface area contributed by atoms with Gasteiger partial charge in [-0.2, -0.15) is 0 Å². The van der Waals surface area contributed by atoms with Crippen molar-refractivity contribution < 1.29 is 24.2 Å². The predicted molar refractivity (Wildman–Crippen MR) is 110 cm³/mol. The van der Waals surface area contributed by atoms with Gasteiger partial charge in [0.1, 0.15) is 12.6 Å². The van der Waals surface area contributed by atoms with E-state index < -0.39 is 24.5 Å². The fourth-order valence-corrected chi connectivity index (χ4v) is 4.26. The number of carboxylic acid groups (broad SMARTS) is 1. The number of rotatable bonds is 6. The van der Waals surface area contributed by atoms with Gasteiger partial charge in [0.25, 0.3) is 0 Å². The normalized spacial score (nSPS) is 16.2. The molecule has 2 aromatic rings. The lowest BCUT2D eigenvalue weighted by Gasteiger charge is -2.39. The van der Waals surface area contributed by atoms with E-state index in [0.717, 1.165) is 22.3 Å². The second-order valence-corrected chi connectivity index (χ2v) is 7.97. The number of likely N-dealkylation sites (tertiary alicyclic amines) is 1. The Morgan fingerprint density at radius 2 is 1.63 bits per heavy atom. The minimum absolute atomic E-state index is 0.104. The number of carboxylic acids is 1. The molecular formula is C23H24N2O5. The third-order valence-corrected chi connectivity index (χ3v) is 5.69. The summed E-state index contributed by atoms with van der Waals surface area (Å²) in [7, 11) is 0. The number of amides is 2. The van der Waals surface area contributed by atoms with Crippen molar-refractivity contribution in [3.05, 3.63) is 59.7 Å². The molecule has 0 aromatic heterocycles. The minimum Gasteiger partial charge on any atom is -0.481 e. The minimum atomic E-state index is -1.15. The van der Waals surface area contributed by atoms with E-state index in [-0.39, 0.29) is 18.4 Å². The topological polar surface area (TPSA) is 95.9 Å². The number of hydrogen-bond acceptors (Lipinski definition) is 4. The average molecular weight is 408 g/mol. The smallest absolute Gasteiger partial charge is 0.407 e. The highest BCUT2D eigenvalue weighted by atomic mass is 16.5. The average Bonchev–Trinajstić information content (AvgIpc) is 3.02. The zero-order chi connectivity index (χ0) is 21.3. The van der Waals surface area contributed by atoms with E-state index in [1.807, 2.05) is 55.5 Å². The quantitative estimate of drug-likeness (QED) is 0.766. The molecule has 4 rings (SSSR count). The lowest BCUT2D eigenvalue weighted by Crippen LogP contribution is -2.56. The van der Waals surface area contributed by atoms with Gasteiger partial charge in [0.15, 0.2) is 0 Å². The summed E-state index contributed by atoms with van der Waals surface area (Å²) in [5, 5.41) is 11.6. The number of ether oxygens (including phenoxy) is 1. The molecule has 0 radical (unpaired) electrons. The van der Waals surface area contributed by atoms with Crippen LogP contribution in [-0.2, 0) is 14.3 Å². The van der Waals surface area contributed by atoms with Gasteiger partial charge in [-0.1, -0.05) is 55.5 Å². The molecule has 1 atom stereocenters. The van der Waals surface area contributed by atoms with E-state index in [0.29, 0.717) is 19.0 Å². The number of benzene rings is 2. The van der Waals surface area contributed by atoms with Crippen molar-refractivity contribution in [2.45, 2.75) is 25.3 Å². The van der Waals surface area contributed by atoms with Crippen LogP contribution in [-0.4, -0.2) is 53.7 Å². The van der Waals surface area contributed by atoms with Crippen molar-refractivity contribution in [1.82, 2.24) is 10.2 Å². The van der Waals surface area contributed by atoms with Gasteiger partial charge in [-0.25, -0.2) is 4.79 Å². The van der Waals surface area contributed by atoms with E-state index in [1.54, 1.807) is 4.90 Å². The summed E-state index contributed by atoms with van der Waals surface area (Å²) in [5.74, 6) is -1.26. The lowest BCUT2D eigenvalue weighted by atomic mass is 9.98. The maximum atomic E-state index is 12.5. The van der Waals surface area contributed by atoms with Crippen LogP contribution >= 0.6 is 0 Å². The molecule has 1 aliphatic carbocycles. The highest BCUT2D eigenvalue weighted by molar-refractivity contribution is 5.89. The maximum Gasteiger partial charge on any atom is 0.407 e. The molecule has 1 fully saturated rings. The number of alkyl carbamates (subject to hydrolysis) is 1. The third kappa shape index (κ3) is 3.87. The van der Waals surface area contributed by atoms with Gasteiger partial charge in [0, 0.05) is 19.0 Å². The van der Waals surface area contributed by atoms with Crippen LogP contribution in [0.5, 0.6) is 0 Å². The highest BCUT2D eigenvalue weighted by Crippen LogP contribution is 2.44. The molecule has 30 heavy (non-hydrogen) atoms. The van der Waals surface area contributed by atoms with Crippen LogP contribution in [0.2, 0.25) is 0 Å². The SMILES string of the molecule is CC1CN(C(=O)C(CC(=O)O)NC(=O)OCC2c3ccccc3-c3ccccc32)C1. The van der Waals surface area contributed by atoms with Crippen LogP contribution in [0.4, 0.5) is 4.79 Å². The molecule has 2 amide bonds. The largest absolute Gasteiger partial charge is 0.481 e. The van der Waals surface area contributed by atoms with Gasteiger partial charge in [0.2, 0.25) is 5.91 Å². The number of carbonyl (C=O) groups excluding carboxylic acids is 2. The molecule has 1 unspecified atom stereocenters. The van der Waals surface area contributed by atoms with E-state index in [2.05, 4.69) is 5.32 Å². The molecule has 0 spiro atoms. The fraction of sp³-hybridized carbons (Fsp3) is 0.348. The molecule has 2 aliphatic rings. The Morgan fingerprint density at radius 3 is 2.17 bits per heavy atom. The number of carbonyl (C=O) groups is 3. The number of aliphatic carboxylic acids is 1. The fourth-order valence-electron chi connectivity index (χ4n) is 4.26. The van der Waals surface area contributed by atoms with Gasteiger partial charge in [-0.3, -0.25) is 9.59 Å². The summed E-state index contributed by atoms with van der Waals surface area (Å²) < 4.78 is 5.44. The Kier molecular flexibility index (Phi) is 5.44. The van der Waals surface area contributed by atoms with Gasteiger partial charge in [0.05, 0.1) is 6.42 Å². The molecule has 0 bridgehead atoms. The molecule has 2 aromatic carbocycles. The van der Waals surface area contributed by atoms with Gasteiger partial charge in [-0.05, 0) is 28.2 Å².